The van der Waals surface area contributed by atoms with E-state index in [9.17, 15) is 4.79 Å². The molecule has 0 unspecified atom stereocenters. The maximum Gasteiger partial charge on any atom is 0.227 e. The third-order valence-corrected chi connectivity index (χ3v) is 4.61. The van der Waals surface area contributed by atoms with Crippen molar-refractivity contribution in [2.24, 2.45) is 0 Å². The Morgan fingerprint density at radius 2 is 2.03 bits per heavy atom. The molecule has 0 aromatic carbocycles. The number of carbonyl (C=O) groups is 1. The van der Waals surface area contributed by atoms with E-state index in [4.69, 9.17) is 9.26 Å². The second-order valence-electron chi connectivity index (χ2n) is 6.68. The van der Waals surface area contributed by atoms with Crippen LogP contribution in [0.4, 0.5) is 11.5 Å². The summed E-state index contributed by atoms with van der Waals surface area (Å²) in [5, 5.41) is 6.81. The number of hydrogen-bond acceptors (Lipinski definition) is 8. The number of hydrogen-bond donors (Lipinski definition) is 1. The van der Waals surface area contributed by atoms with E-state index >= 15 is 0 Å². The average Bonchev–Trinajstić information content (AvgIpc) is 3.24. The molecule has 0 spiro atoms. The minimum absolute atomic E-state index is 0.133. The fourth-order valence-corrected chi connectivity index (χ4v) is 3.04. The summed E-state index contributed by atoms with van der Waals surface area (Å²) >= 11 is 0. The van der Waals surface area contributed by atoms with Crippen molar-refractivity contribution in [3.05, 3.63) is 48.1 Å². The van der Waals surface area contributed by atoms with E-state index in [-0.39, 0.29) is 12.3 Å². The van der Waals surface area contributed by atoms with Crippen molar-refractivity contribution in [1.29, 1.82) is 0 Å². The normalized spacial score (nSPS) is 14.0. The van der Waals surface area contributed by atoms with Crippen LogP contribution in [0.2, 0.25) is 0 Å². The first-order valence-corrected chi connectivity index (χ1v) is 9.53. The lowest BCUT2D eigenvalue weighted by Gasteiger charge is -2.28. The summed E-state index contributed by atoms with van der Waals surface area (Å²) < 4.78 is 10.6. The Bertz CT molecular complexity index is 969. The van der Waals surface area contributed by atoms with Gasteiger partial charge in [-0.25, -0.2) is 4.98 Å². The first-order valence-electron chi connectivity index (χ1n) is 9.53. The minimum atomic E-state index is -0.133. The van der Waals surface area contributed by atoms with Crippen LogP contribution in [-0.2, 0) is 16.0 Å². The molecule has 0 atom stereocenters. The Kier molecular flexibility index (Phi) is 5.76. The summed E-state index contributed by atoms with van der Waals surface area (Å²) in [5.74, 6) is 1.58. The van der Waals surface area contributed by atoms with Gasteiger partial charge < -0.3 is 19.5 Å². The Hall–Kier alpha value is -3.33. The van der Waals surface area contributed by atoms with Crippen molar-refractivity contribution in [2.45, 2.75) is 19.8 Å². The summed E-state index contributed by atoms with van der Waals surface area (Å²) in [6.07, 6.45) is 2.25. The molecule has 1 fully saturated rings. The first kappa shape index (κ1) is 19.0. The van der Waals surface area contributed by atoms with E-state index in [1.165, 1.54) is 0 Å². The largest absolute Gasteiger partial charge is 0.378 e. The predicted octanol–water partition coefficient (Wildman–Crippen LogP) is 2.24. The number of morpholine rings is 1. The second kappa shape index (κ2) is 8.78. The number of nitrogens with zero attached hydrogens (tertiary/aromatic N) is 5. The average molecular weight is 394 g/mol. The Morgan fingerprint density at radius 1 is 1.17 bits per heavy atom. The van der Waals surface area contributed by atoms with Gasteiger partial charge in [-0.05, 0) is 31.2 Å². The van der Waals surface area contributed by atoms with Gasteiger partial charge in [-0.2, -0.15) is 4.98 Å². The smallest absolute Gasteiger partial charge is 0.227 e. The molecule has 0 radical (unpaired) electrons. The summed E-state index contributed by atoms with van der Waals surface area (Å²) in [7, 11) is 0. The molecule has 29 heavy (non-hydrogen) atoms. The molecule has 3 aromatic rings. The maximum atomic E-state index is 12.3. The molecular formula is C20H22N6O3. The van der Waals surface area contributed by atoms with Crippen LogP contribution in [-0.4, -0.2) is 52.3 Å². The maximum absolute atomic E-state index is 12.3. The van der Waals surface area contributed by atoms with E-state index in [2.05, 4.69) is 30.3 Å². The van der Waals surface area contributed by atoms with Gasteiger partial charge in [0.25, 0.3) is 0 Å². The number of aryl methyl sites for hydroxylation is 2. The van der Waals surface area contributed by atoms with E-state index in [0.717, 1.165) is 24.6 Å². The lowest BCUT2D eigenvalue weighted by molar-refractivity contribution is -0.116. The molecule has 1 amide bonds. The Labute approximate surface area is 168 Å². The number of aromatic nitrogens is 4. The number of nitrogens with one attached hydrogen (secondary N) is 1. The van der Waals surface area contributed by atoms with Crippen molar-refractivity contribution < 1.29 is 14.1 Å². The number of carbonyl (C=O) groups excluding carboxylic acids is 1. The Morgan fingerprint density at radius 3 is 2.79 bits per heavy atom. The van der Waals surface area contributed by atoms with Crippen LogP contribution in [0.15, 0.2) is 41.1 Å². The molecule has 0 aliphatic carbocycles. The van der Waals surface area contributed by atoms with Crippen LogP contribution < -0.4 is 10.2 Å². The van der Waals surface area contributed by atoms with Crippen LogP contribution in [0.3, 0.4) is 0 Å². The van der Waals surface area contributed by atoms with Crippen LogP contribution >= 0.6 is 0 Å². The highest BCUT2D eigenvalue weighted by Crippen LogP contribution is 2.20. The van der Waals surface area contributed by atoms with Crippen molar-refractivity contribution >= 4 is 17.4 Å². The number of amides is 1. The molecule has 3 aromatic heterocycles. The lowest BCUT2D eigenvalue weighted by atomic mass is 10.2. The molecule has 4 heterocycles. The molecule has 1 N–H and O–H groups in total. The molecule has 1 saturated heterocycles. The third kappa shape index (κ3) is 4.75. The number of pyridine rings is 2. The second-order valence-corrected chi connectivity index (χ2v) is 6.68. The molecule has 4 rings (SSSR count). The highest BCUT2D eigenvalue weighted by molar-refractivity contribution is 5.91. The van der Waals surface area contributed by atoms with Crippen molar-refractivity contribution in [1.82, 2.24) is 20.1 Å². The molecule has 1 aliphatic heterocycles. The highest BCUT2D eigenvalue weighted by atomic mass is 16.5. The Balaban J connectivity index is 1.32. The first-order chi connectivity index (χ1) is 14.2. The fourth-order valence-electron chi connectivity index (χ4n) is 3.04. The van der Waals surface area contributed by atoms with Gasteiger partial charge >= 0.3 is 0 Å². The fraction of sp³-hybridized carbons (Fsp3) is 0.350. The van der Waals surface area contributed by atoms with E-state index in [1.54, 1.807) is 12.3 Å². The number of anilines is 2. The van der Waals surface area contributed by atoms with E-state index in [1.807, 2.05) is 31.2 Å². The molecule has 150 valence electrons. The van der Waals surface area contributed by atoms with Crippen LogP contribution in [0.1, 0.15) is 18.0 Å². The zero-order valence-electron chi connectivity index (χ0n) is 16.2. The van der Waals surface area contributed by atoms with Gasteiger partial charge in [0.1, 0.15) is 11.5 Å². The summed E-state index contributed by atoms with van der Waals surface area (Å²) in [6.45, 7) is 4.94. The zero-order chi connectivity index (χ0) is 20.1. The van der Waals surface area contributed by atoms with Gasteiger partial charge in [-0.15, -0.1) is 0 Å². The van der Waals surface area contributed by atoms with Crippen molar-refractivity contribution in [2.75, 3.05) is 36.5 Å². The van der Waals surface area contributed by atoms with E-state index in [0.29, 0.717) is 42.7 Å². The molecule has 0 bridgehead atoms. The molecule has 9 heteroatoms. The zero-order valence-corrected chi connectivity index (χ0v) is 16.2. The minimum Gasteiger partial charge on any atom is -0.378 e. The van der Waals surface area contributed by atoms with Gasteiger partial charge in [-0.1, -0.05) is 11.2 Å². The monoisotopic (exact) mass is 394 g/mol. The predicted molar refractivity (Wildman–Crippen MR) is 106 cm³/mol. The number of ether oxygens (including phenoxy) is 1. The third-order valence-electron chi connectivity index (χ3n) is 4.61. The quantitative estimate of drug-likeness (QED) is 0.678. The molecule has 1 aliphatic rings. The van der Waals surface area contributed by atoms with Gasteiger partial charge in [-0.3, -0.25) is 9.78 Å². The summed E-state index contributed by atoms with van der Waals surface area (Å²) in [6, 6.07) is 9.28. The van der Waals surface area contributed by atoms with Crippen LogP contribution in [0.5, 0.6) is 0 Å². The van der Waals surface area contributed by atoms with Crippen LogP contribution in [0, 0.1) is 6.92 Å². The standard InChI is InChI=1S/C20H22N6O3/c1-14-15(5-6-17(22-14)26-10-12-28-13-11-26)23-18(27)7-8-19-24-20(25-29-19)16-4-2-3-9-21-16/h2-6,9H,7-8,10-13H2,1H3,(H,23,27). The highest BCUT2D eigenvalue weighted by Gasteiger charge is 2.15. The summed E-state index contributed by atoms with van der Waals surface area (Å²) in [5.41, 5.74) is 2.11. The van der Waals surface area contributed by atoms with Crippen molar-refractivity contribution in [3.63, 3.8) is 0 Å². The van der Waals surface area contributed by atoms with Gasteiger partial charge in [0.15, 0.2) is 0 Å². The summed E-state index contributed by atoms with van der Waals surface area (Å²) in [4.78, 5) is 27.6. The van der Waals surface area contributed by atoms with Crippen molar-refractivity contribution in [3.8, 4) is 11.5 Å². The topological polar surface area (TPSA) is 106 Å². The van der Waals surface area contributed by atoms with Gasteiger partial charge in [0.05, 0.1) is 24.6 Å². The van der Waals surface area contributed by atoms with E-state index < -0.39 is 0 Å². The van der Waals surface area contributed by atoms with Crippen LogP contribution in [0.25, 0.3) is 11.5 Å². The lowest BCUT2D eigenvalue weighted by Crippen LogP contribution is -2.36. The molecular weight excluding hydrogens is 372 g/mol. The van der Waals surface area contributed by atoms with Gasteiger partial charge in [0.2, 0.25) is 17.6 Å². The number of rotatable bonds is 6. The SMILES string of the molecule is Cc1nc(N2CCOCC2)ccc1NC(=O)CCc1nc(-c2ccccn2)no1. The molecule has 9 nitrogen and oxygen atoms in total. The van der Waals surface area contributed by atoms with Gasteiger partial charge in [0, 0.05) is 32.1 Å². The molecule has 0 saturated carbocycles.